The highest BCUT2D eigenvalue weighted by Crippen LogP contribution is 2.39. The second kappa shape index (κ2) is 12.9. The molecule has 4 nitrogen and oxygen atoms in total. The third-order valence-corrected chi connectivity index (χ3v) is 8.54. The second-order valence-corrected chi connectivity index (χ2v) is 11.3. The summed E-state index contributed by atoms with van der Waals surface area (Å²) in [4.78, 5) is 17.6. The lowest BCUT2D eigenvalue weighted by atomic mass is 9.82. The lowest BCUT2D eigenvalue weighted by molar-refractivity contribution is 0.0951. The molecule has 7 heteroatoms. The molecular weight excluding hydrogens is 528 g/mol. The summed E-state index contributed by atoms with van der Waals surface area (Å²) in [7, 11) is 0. The number of fused-ring (bicyclic) bond motifs is 1. The monoisotopic (exact) mass is 563 g/mol. The van der Waals surface area contributed by atoms with E-state index in [9.17, 15) is 13.6 Å². The van der Waals surface area contributed by atoms with Crippen LogP contribution in [0.2, 0.25) is 5.02 Å². The number of aliphatic imine (C=N–C) groups is 1. The predicted molar refractivity (Wildman–Crippen MR) is 160 cm³/mol. The summed E-state index contributed by atoms with van der Waals surface area (Å²) in [5, 5.41) is 6.33. The Balaban J connectivity index is 1.27. The Morgan fingerprint density at radius 3 is 2.73 bits per heavy atom. The molecule has 0 aromatic heterocycles. The molecule has 3 aliphatic rings. The molecule has 1 saturated carbocycles. The van der Waals surface area contributed by atoms with E-state index in [1.807, 2.05) is 37.3 Å². The molecule has 1 atom stereocenters. The van der Waals surface area contributed by atoms with Crippen molar-refractivity contribution in [1.29, 1.82) is 0 Å². The molecule has 2 N–H and O–H groups in total. The van der Waals surface area contributed by atoms with Gasteiger partial charge in [0.05, 0.1) is 16.4 Å². The number of hydrogen-bond donors (Lipinski definition) is 2. The van der Waals surface area contributed by atoms with Crippen molar-refractivity contribution in [3.8, 4) is 0 Å². The van der Waals surface area contributed by atoms with Gasteiger partial charge in [0.25, 0.3) is 5.91 Å². The summed E-state index contributed by atoms with van der Waals surface area (Å²) in [5.74, 6) is -1.32. The van der Waals surface area contributed by atoms with Gasteiger partial charge in [-0.2, -0.15) is 0 Å². The quantitative estimate of drug-likeness (QED) is 0.224. The SMILES string of the molecule is CCc1cc(N/C2=C/C=C\CCC3C(c4ccc(Cl)c(F)c4F)=CN=C23)ccc1C(=O)NCCCCC1CCC1. The highest BCUT2D eigenvalue weighted by atomic mass is 35.5. The first-order valence-corrected chi connectivity index (χ1v) is 14.8. The van der Waals surface area contributed by atoms with Crippen LogP contribution in [0.5, 0.6) is 0 Å². The van der Waals surface area contributed by atoms with Crippen molar-refractivity contribution in [3.05, 3.63) is 93.8 Å². The van der Waals surface area contributed by atoms with Gasteiger partial charge >= 0.3 is 0 Å². The Morgan fingerprint density at radius 2 is 1.95 bits per heavy atom. The highest BCUT2D eigenvalue weighted by molar-refractivity contribution is 6.30. The van der Waals surface area contributed by atoms with E-state index >= 15 is 0 Å². The molecule has 5 rings (SSSR count). The van der Waals surface area contributed by atoms with Crippen molar-refractivity contribution in [3.63, 3.8) is 0 Å². The average molecular weight is 564 g/mol. The zero-order valence-electron chi connectivity index (χ0n) is 22.9. The van der Waals surface area contributed by atoms with E-state index < -0.39 is 11.6 Å². The van der Waals surface area contributed by atoms with Crippen LogP contribution in [-0.4, -0.2) is 18.2 Å². The fraction of sp³-hybridized carbons (Fsp3) is 0.394. The van der Waals surface area contributed by atoms with Crippen LogP contribution in [0.1, 0.15) is 79.8 Å². The molecule has 0 spiro atoms. The number of anilines is 1. The Bertz CT molecular complexity index is 1390. The zero-order chi connectivity index (χ0) is 28.1. The lowest BCUT2D eigenvalue weighted by Crippen LogP contribution is -2.26. The van der Waals surface area contributed by atoms with Crippen molar-refractivity contribution in [1.82, 2.24) is 5.32 Å². The van der Waals surface area contributed by atoms with Gasteiger partial charge in [-0.05, 0) is 79.1 Å². The van der Waals surface area contributed by atoms with Crippen molar-refractivity contribution in [2.75, 3.05) is 11.9 Å². The van der Waals surface area contributed by atoms with Crippen LogP contribution >= 0.6 is 11.6 Å². The minimum Gasteiger partial charge on any atom is -0.354 e. The van der Waals surface area contributed by atoms with Crippen molar-refractivity contribution >= 4 is 34.5 Å². The first kappa shape index (κ1) is 28.3. The number of benzene rings is 2. The van der Waals surface area contributed by atoms with Crippen LogP contribution in [0, 0.1) is 23.5 Å². The van der Waals surface area contributed by atoms with E-state index in [2.05, 4.69) is 21.7 Å². The number of allylic oxidation sites excluding steroid dienone is 5. The summed E-state index contributed by atoms with van der Waals surface area (Å²) < 4.78 is 29.1. The van der Waals surface area contributed by atoms with E-state index in [4.69, 9.17) is 11.6 Å². The van der Waals surface area contributed by atoms with Crippen LogP contribution in [0.4, 0.5) is 14.5 Å². The standard InChI is InChI=1S/C33H36ClF2N3O/c1-2-22-19-23(14-15-24(22)33(40)37-18-7-6-9-21-10-8-11-21)39-29-13-5-3-4-12-26-27(20-38-32(26)29)25-16-17-28(34)31(36)30(25)35/h3,5,13-17,19-21,26,39H,2,4,6-12,18H2,1H3,(H,37,40)/b5-3-,29-13+. The maximum atomic E-state index is 14.8. The Hall–Kier alpha value is -3.25. The fourth-order valence-corrected chi connectivity index (χ4v) is 5.86. The topological polar surface area (TPSA) is 53.5 Å². The second-order valence-electron chi connectivity index (χ2n) is 10.9. The van der Waals surface area contributed by atoms with Gasteiger partial charge in [0.15, 0.2) is 11.6 Å². The predicted octanol–water partition coefficient (Wildman–Crippen LogP) is 8.64. The number of carbonyl (C=O) groups is 1. The maximum absolute atomic E-state index is 14.8. The van der Waals surface area contributed by atoms with Gasteiger partial charge in [-0.3, -0.25) is 9.79 Å². The lowest BCUT2D eigenvalue weighted by Gasteiger charge is -2.25. The Kier molecular flexibility index (Phi) is 9.15. The average Bonchev–Trinajstić information content (AvgIpc) is 3.32. The third-order valence-electron chi connectivity index (χ3n) is 8.25. The number of hydrogen-bond acceptors (Lipinski definition) is 3. The molecule has 210 valence electrons. The van der Waals surface area contributed by atoms with Gasteiger partial charge in [-0.15, -0.1) is 0 Å². The van der Waals surface area contributed by atoms with Gasteiger partial charge in [0.2, 0.25) is 0 Å². The molecule has 1 heterocycles. The molecule has 40 heavy (non-hydrogen) atoms. The molecule has 1 fully saturated rings. The molecule has 0 radical (unpaired) electrons. The molecule has 1 aliphatic heterocycles. The van der Waals surface area contributed by atoms with Crippen LogP contribution in [-0.2, 0) is 6.42 Å². The molecule has 0 bridgehead atoms. The summed E-state index contributed by atoms with van der Waals surface area (Å²) in [6, 6.07) is 8.67. The largest absolute Gasteiger partial charge is 0.354 e. The van der Waals surface area contributed by atoms with Crippen molar-refractivity contribution < 1.29 is 13.6 Å². The number of nitrogens with one attached hydrogen (secondary N) is 2. The molecule has 1 amide bonds. The van der Waals surface area contributed by atoms with Crippen LogP contribution < -0.4 is 10.6 Å². The van der Waals surface area contributed by atoms with Gasteiger partial charge in [0.1, 0.15) is 0 Å². The minimum absolute atomic E-state index is 0.0357. The fourth-order valence-electron chi connectivity index (χ4n) is 5.71. The number of nitrogens with zero attached hydrogens (tertiary/aromatic N) is 1. The summed E-state index contributed by atoms with van der Waals surface area (Å²) in [6.45, 7) is 2.74. The first-order chi connectivity index (χ1) is 19.5. The Labute approximate surface area is 240 Å². The number of amides is 1. The maximum Gasteiger partial charge on any atom is 0.251 e. The van der Waals surface area contributed by atoms with Crippen molar-refractivity contribution in [2.45, 2.75) is 64.7 Å². The number of aryl methyl sites for hydroxylation is 1. The van der Waals surface area contributed by atoms with E-state index in [0.29, 0.717) is 24.1 Å². The number of unbranched alkanes of at least 4 members (excludes halogenated alkanes) is 1. The minimum atomic E-state index is -1.04. The number of rotatable bonds is 10. The summed E-state index contributed by atoms with van der Waals surface area (Å²) in [5.41, 5.74) is 4.87. The van der Waals surface area contributed by atoms with Gasteiger partial charge < -0.3 is 10.6 Å². The molecule has 2 aromatic rings. The van der Waals surface area contributed by atoms with E-state index in [1.54, 1.807) is 6.20 Å². The van der Waals surface area contributed by atoms with Crippen LogP contribution in [0.3, 0.4) is 0 Å². The summed E-state index contributed by atoms with van der Waals surface area (Å²) >= 11 is 5.78. The number of carbonyl (C=O) groups excluding carboxylic acids is 1. The molecule has 1 unspecified atom stereocenters. The van der Waals surface area contributed by atoms with Gasteiger partial charge in [-0.1, -0.05) is 62.8 Å². The van der Waals surface area contributed by atoms with Gasteiger partial charge in [-0.25, -0.2) is 8.78 Å². The normalized spacial score (nSPS) is 20.7. The molecule has 2 aliphatic carbocycles. The third kappa shape index (κ3) is 6.22. The van der Waals surface area contributed by atoms with Gasteiger partial charge in [0, 0.05) is 35.5 Å². The highest BCUT2D eigenvalue weighted by Gasteiger charge is 2.31. The Morgan fingerprint density at radius 1 is 1.10 bits per heavy atom. The van der Waals surface area contributed by atoms with E-state index in [-0.39, 0.29) is 22.4 Å². The zero-order valence-corrected chi connectivity index (χ0v) is 23.7. The molecule has 2 aromatic carbocycles. The number of halogens is 3. The molecule has 0 saturated heterocycles. The smallest absolute Gasteiger partial charge is 0.251 e. The van der Waals surface area contributed by atoms with E-state index in [1.165, 1.54) is 44.2 Å². The van der Waals surface area contributed by atoms with Crippen LogP contribution in [0.25, 0.3) is 5.57 Å². The van der Waals surface area contributed by atoms with Crippen molar-refractivity contribution in [2.24, 2.45) is 16.8 Å². The summed E-state index contributed by atoms with van der Waals surface area (Å²) in [6.07, 6.45) is 17.4. The van der Waals surface area contributed by atoms with Crippen LogP contribution in [0.15, 0.2) is 65.4 Å². The first-order valence-electron chi connectivity index (χ1n) is 14.4. The van der Waals surface area contributed by atoms with E-state index in [0.717, 1.165) is 47.8 Å². The molecular formula is C33H36ClF2N3O.